The minimum absolute atomic E-state index is 0.204. The van der Waals surface area contributed by atoms with Crippen LogP contribution in [0, 0.1) is 11.3 Å². The Hall–Kier alpha value is -2.73. The van der Waals surface area contributed by atoms with Crippen LogP contribution in [-0.4, -0.2) is 18.5 Å². The van der Waals surface area contributed by atoms with Gasteiger partial charge < -0.3 is 15.2 Å². The first kappa shape index (κ1) is 23.5. The smallest absolute Gasteiger partial charge is 0.319 e. The van der Waals surface area contributed by atoms with E-state index in [-0.39, 0.29) is 12.2 Å². The van der Waals surface area contributed by atoms with Crippen LogP contribution in [0.3, 0.4) is 0 Å². The maximum Gasteiger partial charge on any atom is 0.319 e. The molecule has 7 nitrogen and oxygen atoms in total. The molecule has 156 valence electrons. The second-order valence-electron chi connectivity index (χ2n) is 5.79. The van der Waals surface area contributed by atoms with E-state index in [0.29, 0.717) is 38.2 Å². The number of carbonyl (C=O) groups is 2. The number of urea groups is 1. The fraction of sp³-hybridized carbons (Fsp3) is 0.150. The molecule has 2 rings (SSSR count). The van der Waals surface area contributed by atoms with Crippen LogP contribution in [0.1, 0.15) is 18.1 Å². The summed E-state index contributed by atoms with van der Waals surface area (Å²) in [5.74, 6) is -0.0787. The highest BCUT2D eigenvalue weighted by Gasteiger charge is 2.15. The van der Waals surface area contributed by atoms with Gasteiger partial charge in [-0.15, -0.1) is 0 Å². The van der Waals surface area contributed by atoms with Gasteiger partial charge in [0, 0.05) is 0 Å². The molecule has 0 atom stereocenters. The average Bonchev–Trinajstić information content (AvgIpc) is 2.67. The second-order valence-corrected chi connectivity index (χ2v) is 7.46. The van der Waals surface area contributed by atoms with Crippen molar-refractivity contribution in [3.05, 3.63) is 61.5 Å². The summed E-state index contributed by atoms with van der Waals surface area (Å²) in [7, 11) is 0. The van der Waals surface area contributed by atoms with Crippen molar-refractivity contribution in [2.45, 2.75) is 13.5 Å². The van der Waals surface area contributed by atoms with Gasteiger partial charge in [0.05, 0.1) is 21.1 Å². The van der Waals surface area contributed by atoms with Crippen LogP contribution < -0.4 is 20.5 Å². The van der Waals surface area contributed by atoms with Gasteiger partial charge in [0.15, 0.2) is 11.5 Å². The van der Waals surface area contributed by atoms with Gasteiger partial charge in [-0.3, -0.25) is 10.1 Å². The van der Waals surface area contributed by atoms with Crippen LogP contribution in [0.25, 0.3) is 6.08 Å². The molecular weight excluding hydrogens is 497 g/mol. The zero-order valence-corrected chi connectivity index (χ0v) is 18.8. The van der Waals surface area contributed by atoms with Crippen molar-refractivity contribution in [3.63, 3.8) is 0 Å². The molecule has 3 N–H and O–H groups in total. The number of rotatable bonds is 7. The number of hydrogen-bond donors (Lipinski definition) is 2. The number of ether oxygens (including phenoxy) is 2. The predicted octanol–water partition coefficient (Wildman–Crippen LogP) is 4.84. The maximum atomic E-state index is 11.9. The zero-order valence-electron chi connectivity index (χ0n) is 15.7. The monoisotopic (exact) mass is 511 g/mol. The van der Waals surface area contributed by atoms with Crippen LogP contribution in [0.4, 0.5) is 4.79 Å². The second kappa shape index (κ2) is 10.9. The average molecular weight is 513 g/mol. The highest BCUT2D eigenvalue weighted by atomic mass is 79.9. The molecule has 0 saturated heterocycles. The fourth-order valence-corrected chi connectivity index (χ4v) is 3.25. The Labute approximate surface area is 191 Å². The third kappa shape index (κ3) is 6.39. The van der Waals surface area contributed by atoms with Gasteiger partial charge in [-0.05, 0) is 64.3 Å². The molecule has 0 spiro atoms. The van der Waals surface area contributed by atoms with Crippen molar-refractivity contribution < 1.29 is 19.1 Å². The summed E-state index contributed by atoms with van der Waals surface area (Å²) in [5.41, 5.74) is 5.90. The van der Waals surface area contributed by atoms with Crippen LogP contribution in [0.2, 0.25) is 10.0 Å². The number of carbonyl (C=O) groups excluding carboxylic acids is 2. The third-order valence-corrected chi connectivity index (χ3v) is 4.94. The third-order valence-electron chi connectivity index (χ3n) is 3.61. The number of amides is 3. The first-order valence-electron chi connectivity index (χ1n) is 8.50. The normalized spacial score (nSPS) is 10.8. The van der Waals surface area contributed by atoms with Gasteiger partial charge >= 0.3 is 6.03 Å². The minimum atomic E-state index is -1.05. The quantitative estimate of drug-likeness (QED) is 0.407. The molecule has 0 unspecified atom stereocenters. The molecule has 0 bridgehead atoms. The molecule has 10 heteroatoms. The molecule has 0 aliphatic heterocycles. The van der Waals surface area contributed by atoms with Crippen LogP contribution in [-0.2, 0) is 11.4 Å². The van der Waals surface area contributed by atoms with E-state index in [4.69, 9.17) is 38.4 Å². The fourth-order valence-electron chi connectivity index (χ4n) is 2.35. The zero-order chi connectivity index (χ0) is 22.3. The van der Waals surface area contributed by atoms with E-state index >= 15 is 0 Å². The highest BCUT2D eigenvalue weighted by Crippen LogP contribution is 2.38. The summed E-state index contributed by atoms with van der Waals surface area (Å²) >= 11 is 15.4. The van der Waals surface area contributed by atoms with E-state index in [9.17, 15) is 14.9 Å². The number of halogens is 3. The largest absolute Gasteiger partial charge is 0.490 e. The van der Waals surface area contributed by atoms with E-state index < -0.39 is 11.9 Å². The van der Waals surface area contributed by atoms with Crippen molar-refractivity contribution in [1.82, 2.24) is 5.32 Å². The van der Waals surface area contributed by atoms with Gasteiger partial charge in [0.2, 0.25) is 0 Å². The van der Waals surface area contributed by atoms with Crippen molar-refractivity contribution in [2.24, 2.45) is 5.73 Å². The topological polar surface area (TPSA) is 114 Å². The standard InChI is InChI=1S/C20H16BrCl2N3O4/c1-2-29-17-8-12(5-13(9-24)19(27)26-20(25)28)6-14(21)18(17)30-10-11-3-4-15(22)16(23)7-11/h3-8H,2,10H2,1H3,(H3,25,26,27,28)/b13-5-. The van der Waals surface area contributed by atoms with Crippen LogP contribution >= 0.6 is 39.1 Å². The molecule has 0 saturated carbocycles. The summed E-state index contributed by atoms with van der Waals surface area (Å²) in [6, 6.07) is 9.08. The summed E-state index contributed by atoms with van der Waals surface area (Å²) in [6.07, 6.45) is 1.30. The molecule has 0 aliphatic rings. The number of nitriles is 1. The summed E-state index contributed by atoms with van der Waals surface area (Å²) in [4.78, 5) is 22.7. The van der Waals surface area contributed by atoms with Crippen molar-refractivity contribution >= 4 is 57.1 Å². The lowest BCUT2D eigenvalue weighted by Gasteiger charge is -2.15. The Balaban J connectivity index is 2.33. The molecule has 0 fully saturated rings. The number of nitrogens with zero attached hydrogens (tertiary/aromatic N) is 1. The van der Waals surface area contributed by atoms with Crippen molar-refractivity contribution in [3.8, 4) is 17.6 Å². The number of hydrogen-bond acceptors (Lipinski definition) is 5. The highest BCUT2D eigenvalue weighted by molar-refractivity contribution is 9.10. The van der Waals surface area contributed by atoms with Crippen molar-refractivity contribution in [1.29, 1.82) is 5.26 Å². The molecule has 30 heavy (non-hydrogen) atoms. The maximum absolute atomic E-state index is 11.9. The van der Waals surface area contributed by atoms with Crippen LogP contribution in [0.5, 0.6) is 11.5 Å². The SMILES string of the molecule is CCOc1cc(/C=C(/C#N)C(=O)NC(N)=O)cc(Br)c1OCc1ccc(Cl)c(Cl)c1. The molecule has 0 heterocycles. The van der Waals surface area contributed by atoms with E-state index in [0.717, 1.165) is 5.56 Å². The van der Waals surface area contributed by atoms with E-state index in [1.807, 2.05) is 5.32 Å². The first-order valence-corrected chi connectivity index (χ1v) is 10.1. The van der Waals surface area contributed by atoms with Crippen LogP contribution in [0.15, 0.2) is 40.4 Å². The Bertz CT molecular complexity index is 1050. The van der Waals surface area contributed by atoms with Gasteiger partial charge in [0.25, 0.3) is 5.91 Å². The Morgan fingerprint density at radius 3 is 2.57 bits per heavy atom. The molecule has 2 aromatic carbocycles. The van der Waals surface area contributed by atoms with E-state index in [1.165, 1.54) is 6.08 Å². The number of nitrogens with one attached hydrogen (secondary N) is 1. The number of nitrogens with two attached hydrogens (primary N) is 1. The molecule has 2 aromatic rings. The molecule has 0 aromatic heterocycles. The first-order chi connectivity index (χ1) is 14.2. The van der Waals surface area contributed by atoms with Crippen molar-refractivity contribution in [2.75, 3.05) is 6.61 Å². The number of imide groups is 1. The Kier molecular flexibility index (Phi) is 8.54. The summed E-state index contributed by atoms with van der Waals surface area (Å²) < 4.78 is 12.1. The lowest BCUT2D eigenvalue weighted by molar-refractivity contribution is -0.115. The lowest BCUT2D eigenvalue weighted by atomic mass is 10.1. The Morgan fingerprint density at radius 1 is 1.23 bits per heavy atom. The molecular formula is C20H16BrCl2N3O4. The molecule has 3 amide bonds. The number of primary amides is 1. The van der Waals surface area contributed by atoms with E-state index in [1.54, 1.807) is 43.3 Å². The van der Waals surface area contributed by atoms with Gasteiger partial charge in [-0.25, -0.2) is 4.79 Å². The van der Waals surface area contributed by atoms with Gasteiger partial charge in [0.1, 0.15) is 18.2 Å². The predicted molar refractivity (Wildman–Crippen MR) is 117 cm³/mol. The lowest BCUT2D eigenvalue weighted by Crippen LogP contribution is -2.35. The molecule has 0 aliphatic carbocycles. The minimum Gasteiger partial charge on any atom is -0.490 e. The number of benzene rings is 2. The molecule has 0 radical (unpaired) electrons. The summed E-state index contributed by atoms with van der Waals surface area (Å²) in [5, 5.41) is 11.9. The van der Waals surface area contributed by atoms with Gasteiger partial charge in [-0.1, -0.05) is 29.3 Å². The van der Waals surface area contributed by atoms with Gasteiger partial charge in [-0.2, -0.15) is 5.26 Å². The van der Waals surface area contributed by atoms with E-state index in [2.05, 4.69) is 15.9 Å². The Morgan fingerprint density at radius 2 is 1.97 bits per heavy atom. The summed E-state index contributed by atoms with van der Waals surface area (Å²) in [6.45, 7) is 2.37.